The summed E-state index contributed by atoms with van der Waals surface area (Å²) in [5.74, 6) is -0.449. The zero-order chi connectivity index (χ0) is 19.2. The smallest absolute Gasteiger partial charge is 0.254 e. The SMILES string of the molecule is COCCC1CCCCN1C(=O)c1ccc(-c2cncc(C(N)=O)c2)cc1. The second-order valence-corrected chi connectivity index (χ2v) is 6.83. The van der Waals surface area contributed by atoms with Crippen LogP contribution in [-0.4, -0.2) is 48.0 Å². The number of benzene rings is 1. The molecule has 1 aromatic heterocycles. The summed E-state index contributed by atoms with van der Waals surface area (Å²) in [7, 11) is 1.69. The van der Waals surface area contributed by atoms with Crippen LogP contribution in [0.2, 0.25) is 0 Å². The molecule has 2 amide bonds. The lowest BCUT2D eigenvalue weighted by atomic mass is 9.97. The second-order valence-electron chi connectivity index (χ2n) is 6.83. The minimum atomic E-state index is -0.511. The molecule has 27 heavy (non-hydrogen) atoms. The van der Waals surface area contributed by atoms with Crippen molar-refractivity contribution in [1.82, 2.24) is 9.88 Å². The number of hydrogen-bond donors (Lipinski definition) is 1. The lowest BCUT2D eigenvalue weighted by Crippen LogP contribution is -2.44. The molecule has 1 aliphatic rings. The highest BCUT2D eigenvalue weighted by Gasteiger charge is 2.27. The maximum atomic E-state index is 13.0. The molecule has 3 rings (SSSR count). The topological polar surface area (TPSA) is 85.5 Å². The van der Waals surface area contributed by atoms with Crippen LogP contribution < -0.4 is 5.73 Å². The van der Waals surface area contributed by atoms with Crippen molar-refractivity contribution in [3.05, 3.63) is 53.9 Å². The largest absolute Gasteiger partial charge is 0.385 e. The van der Waals surface area contributed by atoms with Gasteiger partial charge in [-0.05, 0) is 49.4 Å². The molecule has 0 radical (unpaired) electrons. The number of ether oxygens (including phenoxy) is 1. The Kier molecular flexibility index (Phi) is 6.19. The molecule has 2 heterocycles. The first-order valence-electron chi connectivity index (χ1n) is 9.25. The molecule has 0 aliphatic carbocycles. The average Bonchev–Trinajstić information content (AvgIpc) is 2.72. The fourth-order valence-corrected chi connectivity index (χ4v) is 3.53. The Morgan fingerprint density at radius 1 is 1.15 bits per heavy atom. The van der Waals surface area contributed by atoms with E-state index in [1.807, 2.05) is 29.2 Å². The van der Waals surface area contributed by atoms with Gasteiger partial charge in [-0.1, -0.05) is 12.1 Å². The van der Waals surface area contributed by atoms with E-state index < -0.39 is 5.91 Å². The zero-order valence-electron chi connectivity index (χ0n) is 15.6. The number of aromatic nitrogens is 1. The molecule has 1 atom stereocenters. The molecule has 1 fully saturated rings. The monoisotopic (exact) mass is 367 g/mol. The fourth-order valence-electron chi connectivity index (χ4n) is 3.53. The van der Waals surface area contributed by atoms with Gasteiger partial charge in [0.2, 0.25) is 5.91 Å². The van der Waals surface area contributed by atoms with Gasteiger partial charge in [0, 0.05) is 49.8 Å². The van der Waals surface area contributed by atoms with E-state index in [2.05, 4.69) is 4.98 Å². The highest BCUT2D eigenvalue weighted by Crippen LogP contribution is 2.24. The molecule has 2 N–H and O–H groups in total. The van der Waals surface area contributed by atoms with Crippen LogP contribution in [0.3, 0.4) is 0 Å². The van der Waals surface area contributed by atoms with Crippen LogP contribution >= 0.6 is 0 Å². The maximum absolute atomic E-state index is 13.0. The molecule has 1 saturated heterocycles. The number of carbonyl (C=O) groups excluding carboxylic acids is 2. The third kappa shape index (κ3) is 4.52. The van der Waals surface area contributed by atoms with Crippen molar-refractivity contribution < 1.29 is 14.3 Å². The van der Waals surface area contributed by atoms with Crippen molar-refractivity contribution in [1.29, 1.82) is 0 Å². The van der Waals surface area contributed by atoms with Crippen LogP contribution in [0.4, 0.5) is 0 Å². The van der Waals surface area contributed by atoms with E-state index in [9.17, 15) is 9.59 Å². The Hall–Kier alpha value is -2.73. The number of pyridine rings is 1. The number of rotatable bonds is 6. The van der Waals surface area contributed by atoms with E-state index in [1.54, 1.807) is 19.4 Å². The van der Waals surface area contributed by atoms with Crippen molar-refractivity contribution in [2.45, 2.75) is 31.7 Å². The summed E-state index contributed by atoms with van der Waals surface area (Å²) in [6, 6.07) is 9.36. The Labute approximate surface area is 159 Å². The van der Waals surface area contributed by atoms with Gasteiger partial charge < -0.3 is 15.4 Å². The fraction of sp³-hybridized carbons (Fsp3) is 0.381. The average molecular weight is 367 g/mol. The standard InChI is InChI=1S/C21H25N3O3/c1-27-11-9-19-4-2-3-10-24(19)21(26)16-7-5-15(6-8-16)17-12-18(20(22)25)14-23-13-17/h5-8,12-14,19H,2-4,9-11H2,1H3,(H2,22,25). The van der Waals surface area contributed by atoms with Gasteiger partial charge in [-0.2, -0.15) is 0 Å². The van der Waals surface area contributed by atoms with Crippen molar-refractivity contribution >= 4 is 11.8 Å². The van der Waals surface area contributed by atoms with Crippen LogP contribution in [0.15, 0.2) is 42.7 Å². The molecular formula is C21H25N3O3. The third-order valence-electron chi connectivity index (χ3n) is 5.03. The van der Waals surface area contributed by atoms with Crippen molar-refractivity contribution in [2.75, 3.05) is 20.3 Å². The van der Waals surface area contributed by atoms with Crippen molar-refractivity contribution in [3.63, 3.8) is 0 Å². The van der Waals surface area contributed by atoms with Crippen molar-refractivity contribution in [2.24, 2.45) is 5.73 Å². The number of hydrogen-bond acceptors (Lipinski definition) is 4. The van der Waals surface area contributed by atoms with E-state index in [1.165, 1.54) is 6.20 Å². The predicted octanol–water partition coefficient (Wildman–Crippen LogP) is 2.88. The number of carbonyl (C=O) groups is 2. The molecule has 6 heteroatoms. The minimum Gasteiger partial charge on any atom is -0.385 e. The molecule has 0 saturated carbocycles. The van der Waals surface area contributed by atoms with Gasteiger partial charge in [0.1, 0.15) is 0 Å². The summed E-state index contributed by atoms with van der Waals surface area (Å²) in [6.07, 6.45) is 7.21. The molecule has 1 aliphatic heterocycles. The van der Waals surface area contributed by atoms with Gasteiger partial charge >= 0.3 is 0 Å². The first-order chi connectivity index (χ1) is 13.1. The number of piperidine rings is 1. The molecular weight excluding hydrogens is 342 g/mol. The molecule has 1 aromatic carbocycles. The van der Waals surface area contributed by atoms with Gasteiger partial charge in [-0.25, -0.2) is 0 Å². The van der Waals surface area contributed by atoms with E-state index in [-0.39, 0.29) is 11.9 Å². The number of methoxy groups -OCH3 is 1. The van der Waals surface area contributed by atoms with E-state index in [4.69, 9.17) is 10.5 Å². The van der Waals surface area contributed by atoms with E-state index in [0.29, 0.717) is 17.7 Å². The minimum absolute atomic E-state index is 0.0614. The summed E-state index contributed by atoms with van der Waals surface area (Å²) in [6.45, 7) is 1.45. The van der Waals surface area contributed by atoms with Crippen molar-refractivity contribution in [3.8, 4) is 11.1 Å². The summed E-state index contributed by atoms with van der Waals surface area (Å²) >= 11 is 0. The lowest BCUT2D eigenvalue weighted by molar-refractivity contribution is 0.0553. The number of likely N-dealkylation sites (tertiary alicyclic amines) is 1. The van der Waals surface area contributed by atoms with Crippen LogP contribution in [0, 0.1) is 0 Å². The molecule has 0 bridgehead atoms. The van der Waals surface area contributed by atoms with Crippen LogP contribution in [-0.2, 0) is 4.74 Å². The summed E-state index contributed by atoms with van der Waals surface area (Å²) < 4.78 is 5.19. The normalized spacial score (nSPS) is 16.9. The molecule has 1 unspecified atom stereocenters. The summed E-state index contributed by atoms with van der Waals surface area (Å²) in [5, 5.41) is 0. The highest BCUT2D eigenvalue weighted by atomic mass is 16.5. The molecule has 0 spiro atoms. The quantitative estimate of drug-likeness (QED) is 0.851. The summed E-state index contributed by atoms with van der Waals surface area (Å²) in [5.41, 5.74) is 8.03. The zero-order valence-corrected chi connectivity index (χ0v) is 15.6. The Balaban J connectivity index is 1.77. The summed E-state index contributed by atoms with van der Waals surface area (Å²) in [4.78, 5) is 30.4. The van der Waals surface area contributed by atoms with Gasteiger partial charge in [0.25, 0.3) is 5.91 Å². The Morgan fingerprint density at radius 2 is 1.93 bits per heavy atom. The second kappa shape index (κ2) is 8.77. The molecule has 142 valence electrons. The van der Waals surface area contributed by atoms with Crippen LogP contribution in [0.25, 0.3) is 11.1 Å². The van der Waals surface area contributed by atoms with Gasteiger partial charge in [-0.3, -0.25) is 14.6 Å². The Bertz CT molecular complexity index is 805. The maximum Gasteiger partial charge on any atom is 0.254 e. The molecule has 6 nitrogen and oxygen atoms in total. The lowest BCUT2D eigenvalue weighted by Gasteiger charge is -2.36. The number of amides is 2. The van der Waals surface area contributed by atoms with Gasteiger partial charge in [-0.15, -0.1) is 0 Å². The van der Waals surface area contributed by atoms with Gasteiger partial charge in [0.05, 0.1) is 5.56 Å². The Morgan fingerprint density at radius 3 is 2.63 bits per heavy atom. The van der Waals surface area contributed by atoms with Gasteiger partial charge in [0.15, 0.2) is 0 Å². The van der Waals surface area contributed by atoms with Crippen LogP contribution in [0.5, 0.6) is 0 Å². The number of primary amides is 1. The number of nitrogens with zero attached hydrogens (tertiary/aromatic N) is 2. The predicted molar refractivity (Wildman–Crippen MR) is 103 cm³/mol. The highest BCUT2D eigenvalue weighted by molar-refractivity contribution is 5.95. The third-order valence-corrected chi connectivity index (χ3v) is 5.03. The number of nitrogens with two attached hydrogens (primary N) is 1. The van der Waals surface area contributed by atoms with Crippen LogP contribution in [0.1, 0.15) is 46.4 Å². The first kappa shape index (κ1) is 19.0. The van der Waals surface area contributed by atoms with E-state index >= 15 is 0 Å². The molecule has 2 aromatic rings. The first-order valence-corrected chi connectivity index (χ1v) is 9.25. The van der Waals surface area contributed by atoms with E-state index in [0.717, 1.165) is 43.4 Å².